The highest BCUT2D eigenvalue weighted by atomic mass is 35.7. The predicted molar refractivity (Wildman–Crippen MR) is 75.0 cm³/mol. The first-order chi connectivity index (χ1) is 8.88. The quantitative estimate of drug-likeness (QED) is 0.782. The normalized spacial score (nSPS) is 15.4. The van der Waals surface area contributed by atoms with Gasteiger partial charge < -0.3 is 9.26 Å². The minimum absolute atomic E-state index is 0.0841. The highest BCUT2D eigenvalue weighted by Gasteiger charge is 2.26. The fraction of sp³-hybridized carbons (Fsp3) is 0.417. The van der Waals surface area contributed by atoms with E-state index in [1.165, 1.54) is 0 Å². The zero-order valence-corrected chi connectivity index (χ0v) is 12.7. The second-order valence-corrected chi connectivity index (χ2v) is 6.65. The molecule has 0 radical (unpaired) electrons. The van der Waals surface area contributed by atoms with Crippen molar-refractivity contribution in [1.29, 1.82) is 0 Å². The Bertz CT molecular complexity index is 477. The first-order valence-corrected chi connectivity index (χ1v) is 8.34. The summed E-state index contributed by atoms with van der Waals surface area (Å²) >= 11 is 5.78. The van der Waals surface area contributed by atoms with E-state index in [9.17, 15) is 9.36 Å². The molecular formula is C12H17ClNO4P. The summed E-state index contributed by atoms with van der Waals surface area (Å²) in [5.74, 6) is 0.904. The maximum Gasteiger partial charge on any atom is 0.409 e. The van der Waals surface area contributed by atoms with Crippen molar-refractivity contribution in [2.75, 3.05) is 7.11 Å². The Morgan fingerprint density at radius 3 is 2.37 bits per heavy atom. The largest absolute Gasteiger partial charge is 0.497 e. The van der Waals surface area contributed by atoms with Crippen LogP contribution in [-0.2, 0) is 9.36 Å². The Morgan fingerprint density at radius 2 is 1.89 bits per heavy atom. The molecule has 1 N–H and O–H groups in total. The van der Waals surface area contributed by atoms with Gasteiger partial charge in [-0.05, 0) is 31.2 Å². The van der Waals surface area contributed by atoms with Crippen LogP contribution in [0, 0.1) is 0 Å². The number of hydrogen-bond acceptors (Lipinski definition) is 4. The molecule has 1 unspecified atom stereocenters. The molecule has 0 spiro atoms. The molecule has 2 atom stereocenters. The molecular weight excluding hydrogens is 289 g/mol. The third-order valence-electron chi connectivity index (χ3n) is 2.46. The van der Waals surface area contributed by atoms with Gasteiger partial charge in [0.15, 0.2) is 0 Å². The fourth-order valence-corrected chi connectivity index (χ4v) is 3.14. The van der Waals surface area contributed by atoms with Gasteiger partial charge in [0.25, 0.3) is 0 Å². The Hall–Kier alpha value is -1.03. The van der Waals surface area contributed by atoms with Crippen molar-refractivity contribution >= 4 is 23.9 Å². The van der Waals surface area contributed by atoms with Crippen LogP contribution in [0.3, 0.4) is 0 Å². The van der Waals surface area contributed by atoms with Crippen LogP contribution in [0.15, 0.2) is 24.3 Å². The molecule has 0 saturated carbocycles. The fourth-order valence-electron chi connectivity index (χ4n) is 1.41. The van der Waals surface area contributed by atoms with Crippen LogP contribution < -0.4 is 14.3 Å². The van der Waals surface area contributed by atoms with Crippen molar-refractivity contribution in [1.82, 2.24) is 5.09 Å². The average molecular weight is 306 g/mol. The molecule has 1 aromatic rings. The van der Waals surface area contributed by atoms with Crippen molar-refractivity contribution in [2.45, 2.75) is 26.3 Å². The van der Waals surface area contributed by atoms with E-state index in [0.717, 1.165) is 0 Å². The number of nitrogens with one attached hydrogen (secondary N) is 1. The summed E-state index contributed by atoms with van der Waals surface area (Å²) in [5, 5.41) is 2.50. The average Bonchev–Trinajstić information content (AvgIpc) is 2.37. The van der Waals surface area contributed by atoms with Gasteiger partial charge in [0.1, 0.15) is 17.3 Å². The summed E-state index contributed by atoms with van der Waals surface area (Å²) in [6.07, 6.45) is 0.341. The molecule has 0 amide bonds. The van der Waals surface area contributed by atoms with Crippen LogP contribution in [0.4, 0.5) is 0 Å². The van der Waals surface area contributed by atoms with E-state index >= 15 is 0 Å². The summed E-state index contributed by atoms with van der Waals surface area (Å²) in [5.41, 5.74) is 0. The van der Waals surface area contributed by atoms with Crippen LogP contribution >= 0.6 is 18.1 Å². The Balaban J connectivity index is 2.67. The van der Waals surface area contributed by atoms with Crippen LogP contribution in [0.5, 0.6) is 11.5 Å². The molecule has 0 fully saturated rings. The second-order valence-electron chi connectivity index (χ2n) is 3.92. The Labute approximate surface area is 117 Å². The minimum Gasteiger partial charge on any atom is -0.497 e. The lowest BCUT2D eigenvalue weighted by molar-refractivity contribution is -0.120. The molecule has 1 aromatic carbocycles. The predicted octanol–water partition coefficient (Wildman–Crippen LogP) is 3.38. The van der Waals surface area contributed by atoms with E-state index in [4.69, 9.17) is 20.5 Å². The maximum absolute atomic E-state index is 12.0. The second kappa shape index (κ2) is 6.94. The molecule has 106 valence electrons. The first kappa shape index (κ1) is 16.0. The van der Waals surface area contributed by atoms with Gasteiger partial charge in [-0.2, -0.15) is 0 Å². The zero-order chi connectivity index (χ0) is 14.5. The molecule has 0 aliphatic carbocycles. The third-order valence-corrected chi connectivity index (χ3v) is 4.10. The summed E-state index contributed by atoms with van der Waals surface area (Å²) in [7, 11) is 1.54. The van der Waals surface area contributed by atoms with E-state index in [-0.39, 0.29) is 5.78 Å². The van der Waals surface area contributed by atoms with E-state index in [0.29, 0.717) is 17.9 Å². The number of ether oxygens (including phenoxy) is 1. The summed E-state index contributed by atoms with van der Waals surface area (Å²) in [6, 6.07) is 5.87. The maximum atomic E-state index is 12.0. The molecule has 0 saturated heterocycles. The number of carbonyl (C=O) groups excluding carboxylic acids is 1. The molecule has 19 heavy (non-hydrogen) atoms. The van der Waals surface area contributed by atoms with Crippen molar-refractivity contribution in [3.63, 3.8) is 0 Å². The first-order valence-electron chi connectivity index (χ1n) is 5.82. The lowest BCUT2D eigenvalue weighted by Crippen LogP contribution is -2.31. The van der Waals surface area contributed by atoms with Gasteiger partial charge in [-0.3, -0.25) is 4.79 Å². The van der Waals surface area contributed by atoms with Crippen LogP contribution in [0.2, 0.25) is 0 Å². The zero-order valence-electron chi connectivity index (χ0n) is 11.1. The van der Waals surface area contributed by atoms with Crippen LogP contribution in [0.25, 0.3) is 0 Å². The lowest BCUT2D eigenvalue weighted by Gasteiger charge is -2.18. The lowest BCUT2D eigenvalue weighted by atomic mass is 10.2. The van der Waals surface area contributed by atoms with Gasteiger partial charge in [0.05, 0.1) is 13.2 Å². The van der Waals surface area contributed by atoms with Crippen molar-refractivity contribution in [2.24, 2.45) is 0 Å². The molecule has 1 rings (SSSR count). The summed E-state index contributed by atoms with van der Waals surface area (Å²) in [4.78, 5) is 11.4. The Morgan fingerprint density at radius 1 is 1.37 bits per heavy atom. The number of Topliss-reactive ketones (excluding diaryl/α,β-unsaturated/α-hetero) is 1. The third kappa shape index (κ3) is 5.23. The number of halogens is 1. The van der Waals surface area contributed by atoms with Gasteiger partial charge in [-0.25, -0.2) is 9.65 Å². The van der Waals surface area contributed by atoms with Gasteiger partial charge >= 0.3 is 6.87 Å². The standard InChI is InChI=1S/C12H17ClNO4P/c1-4-12(15)9(2)14-19(13,16)18-11-7-5-10(17-3)6-8-11/h5-9H,4H2,1-3H3,(H,14,16)/t9-,19?/m0/s1. The number of carbonyl (C=O) groups is 1. The SMILES string of the molecule is CCC(=O)[C@H](C)NP(=O)(Cl)Oc1ccc(OC)cc1. The van der Waals surface area contributed by atoms with Gasteiger partial charge in [-0.1, -0.05) is 6.92 Å². The van der Waals surface area contributed by atoms with Gasteiger partial charge in [0.2, 0.25) is 0 Å². The molecule has 0 bridgehead atoms. The number of hydrogen-bond donors (Lipinski definition) is 1. The van der Waals surface area contributed by atoms with Gasteiger partial charge in [0, 0.05) is 17.7 Å². The number of methoxy groups -OCH3 is 1. The van der Waals surface area contributed by atoms with E-state index in [1.54, 1.807) is 45.2 Å². The minimum atomic E-state index is -3.60. The van der Waals surface area contributed by atoms with E-state index in [2.05, 4.69) is 5.09 Å². The highest BCUT2D eigenvalue weighted by molar-refractivity contribution is 7.84. The Kier molecular flexibility index (Phi) is 5.85. The van der Waals surface area contributed by atoms with E-state index < -0.39 is 12.9 Å². The van der Waals surface area contributed by atoms with E-state index in [1.807, 2.05) is 0 Å². The molecule has 0 aliphatic rings. The smallest absolute Gasteiger partial charge is 0.409 e. The van der Waals surface area contributed by atoms with Crippen LogP contribution in [0.1, 0.15) is 20.3 Å². The number of benzene rings is 1. The number of rotatable bonds is 7. The van der Waals surface area contributed by atoms with Gasteiger partial charge in [-0.15, -0.1) is 0 Å². The monoisotopic (exact) mass is 305 g/mol. The number of ketones is 1. The summed E-state index contributed by atoms with van der Waals surface area (Å²) in [6.45, 7) is -0.279. The van der Waals surface area contributed by atoms with Crippen molar-refractivity contribution < 1.29 is 18.6 Å². The van der Waals surface area contributed by atoms with Crippen molar-refractivity contribution in [3.05, 3.63) is 24.3 Å². The molecule has 0 aromatic heterocycles. The summed E-state index contributed by atoms with van der Waals surface area (Å²) < 4.78 is 22.2. The van der Waals surface area contributed by atoms with Crippen LogP contribution in [-0.4, -0.2) is 18.9 Å². The molecule has 5 nitrogen and oxygen atoms in total. The topological polar surface area (TPSA) is 64.6 Å². The highest BCUT2D eigenvalue weighted by Crippen LogP contribution is 2.48. The van der Waals surface area contributed by atoms with Crippen molar-refractivity contribution in [3.8, 4) is 11.5 Å². The molecule has 7 heteroatoms. The molecule has 0 heterocycles. The molecule has 0 aliphatic heterocycles.